The highest BCUT2D eigenvalue weighted by atomic mass is 32.2. The molecule has 0 aliphatic rings. The lowest BCUT2D eigenvalue weighted by Crippen LogP contribution is -2.22. The van der Waals surface area contributed by atoms with Gasteiger partial charge in [-0.2, -0.15) is 0 Å². The van der Waals surface area contributed by atoms with Crippen molar-refractivity contribution >= 4 is 38.9 Å². The van der Waals surface area contributed by atoms with Crippen LogP contribution in [0.2, 0.25) is 0 Å². The summed E-state index contributed by atoms with van der Waals surface area (Å²) in [6.45, 7) is 2.08. The molecule has 0 aliphatic carbocycles. The second-order valence-electron chi connectivity index (χ2n) is 5.47. The number of carbonyl (C=O) groups excluding carboxylic acids is 2. The highest BCUT2D eigenvalue weighted by Crippen LogP contribution is 2.22. The van der Waals surface area contributed by atoms with E-state index in [0.717, 1.165) is 17.8 Å². The number of esters is 1. The maximum atomic E-state index is 12.4. The monoisotopic (exact) mass is 396 g/mol. The minimum absolute atomic E-state index is 0.114. The molecule has 0 bridgehead atoms. The number of carbonyl (C=O) groups is 2. The standard InChI is InChI=1S/C17H20N2O5S2/c1-3-5-15(20)18-11-12-8-13(17(21)24-2)10-14(9-12)19-26(22,23)16-6-4-7-25-16/h4,6-10,19H,3,5,11H2,1-2H3,(H,18,20). The smallest absolute Gasteiger partial charge is 0.337 e. The number of amides is 1. The molecular weight excluding hydrogens is 376 g/mol. The number of sulfonamides is 1. The van der Waals surface area contributed by atoms with Crippen molar-refractivity contribution in [2.75, 3.05) is 11.8 Å². The fourth-order valence-corrected chi connectivity index (χ4v) is 4.26. The van der Waals surface area contributed by atoms with Gasteiger partial charge in [0.2, 0.25) is 5.91 Å². The Labute approximate surface area is 156 Å². The summed E-state index contributed by atoms with van der Waals surface area (Å²) in [6, 6.07) is 7.65. The number of rotatable bonds is 8. The molecule has 2 N–H and O–H groups in total. The summed E-state index contributed by atoms with van der Waals surface area (Å²) in [4.78, 5) is 23.5. The number of thiophene rings is 1. The third-order valence-corrected chi connectivity index (χ3v) is 6.17. The molecular formula is C17H20N2O5S2. The van der Waals surface area contributed by atoms with Crippen LogP contribution in [0.1, 0.15) is 35.7 Å². The average molecular weight is 396 g/mol. The zero-order chi connectivity index (χ0) is 19.2. The molecule has 140 valence electrons. The average Bonchev–Trinajstić information content (AvgIpc) is 3.14. The van der Waals surface area contributed by atoms with Crippen molar-refractivity contribution in [3.8, 4) is 0 Å². The van der Waals surface area contributed by atoms with Gasteiger partial charge >= 0.3 is 5.97 Å². The zero-order valence-corrected chi connectivity index (χ0v) is 16.1. The van der Waals surface area contributed by atoms with Crippen LogP contribution in [0.4, 0.5) is 5.69 Å². The van der Waals surface area contributed by atoms with Crippen LogP contribution >= 0.6 is 11.3 Å². The first-order chi connectivity index (χ1) is 12.4. The van der Waals surface area contributed by atoms with Crippen LogP contribution in [-0.4, -0.2) is 27.4 Å². The van der Waals surface area contributed by atoms with Crippen LogP contribution in [0, 0.1) is 0 Å². The maximum absolute atomic E-state index is 12.4. The predicted octanol–water partition coefficient (Wildman–Crippen LogP) is 2.75. The van der Waals surface area contributed by atoms with E-state index in [1.165, 1.54) is 19.2 Å². The number of hydrogen-bond donors (Lipinski definition) is 2. The van der Waals surface area contributed by atoms with Crippen molar-refractivity contribution in [3.05, 3.63) is 46.8 Å². The van der Waals surface area contributed by atoms with Crippen molar-refractivity contribution in [1.82, 2.24) is 5.32 Å². The van der Waals surface area contributed by atoms with E-state index in [4.69, 9.17) is 4.74 Å². The Kier molecular flexibility index (Phi) is 6.76. The Balaban J connectivity index is 2.28. The molecule has 0 saturated heterocycles. The predicted molar refractivity (Wildman–Crippen MR) is 99.7 cm³/mol. The van der Waals surface area contributed by atoms with E-state index in [9.17, 15) is 18.0 Å². The van der Waals surface area contributed by atoms with Gasteiger partial charge in [0.15, 0.2) is 0 Å². The van der Waals surface area contributed by atoms with E-state index < -0.39 is 16.0 Å². The Morgan fingerprint density at radius 3 is 2.62 bits per heavy atom. The quantitative estimate of drug-likeness (QED) is 0.668. The summed E-state index contributed by atoms with van der Waals surface area (Å²) in [5, 5.41) is 4.40. The van der Waals surface area contributed by atoms with Gasteiger partial charge in [0, 0.05) is 13.0 Å². The molecule has 1 aromatic heterocycles. The van der Waals surface area contributed by atoms with Gasteiger partial charge in [0.05, 0.1) is 18.4 Å². The van der Waals surface area contributed by atoms with Gasteiger partial charge in [-0.05, 0) is 41.6 Å². The fraction of sp³-hybridized carbons (Fsp3) is 0.294. The lowest BCUT2D eigenvalue weighted by molar-refractivity contribution is -0.121. The van der Waals surface area contributed by atoms with E-state index >= 15 is 0 Å². The van der Waals surface area contributed by atoms with E-state index in [2.05, 4.69) is 10.0 Å². The van der Waals surface area contributed by atoms with E-state index in [1.807, 2.05) is 6.92 Å². The van der Waals surface area contributed by atoms with Gasteiger partial charge < -0.3 is 10.1 Å². The highest BCUT2D eigenvalue weighted by Gasteiger charge is 2.17. The van der Waals surface area contributed by atoms with Crippen molar-refractivity contribution in [1.29, 1.82) is 0 Å². The summed E-state index contributed by atoms with van der Waals surface area (Å²) in [6.07, 6.45) is 1.12. The van der Waals surface area contributed by atoms with E-state index in [0.29, 0.717) is 12.0 Å². The normalized spacial score (nSPS) is 11.0. The first-order valence-corrected chi connectivity index (χ1v) is 10.3. The Morgan fingerprint density at radius 1 is 1.23 bits per heavy atom. The molecule has 0 aliphatic heterocycles. The Bertz CT molecular complexity index is 877. The van der Waals surface area contributed by atoms with Crippen LogP contribution in [0.15, 0.2) is 39.9 Å². The Hall–Kier alpha value is -2.39. The summed E-state index contributed by atoms with van der Waals surface area (Å²) in [7, 11) is -2.50. The summed E-state index contributed by atoms with van der Waals surface area (Å²) in [5.74, 6) is -0.708. The van der Waals surface area contributed by atoms with Crippen LogP contribution in [-0.2, 0) is 26.1 Å². The van der Waals surface area contributed by atoms with Crippen LogP contribution in [0.5, 0.6) is 0 Å². The van der Waals surface area contributed by atoms with Crippen molar-refractivity contribution < 1.29 is 22.7 Å². The highest BCUT2D eigenvalue weighted by molar-refractivity contribution is 7.94. The zero-order valence-electron chi connectivity index (χ0n) is 14.4. The van der Waals surface area contributed by atoms with E-state index in [-0.39, 0.29) is 27.9 Å². The maximum Gasteiger partial charge on any atom is 0.337 e. The molecule has 2 rings (SSSR count). The lowest BCUT2D eigenvalue weighted by Gasteiger charge is -2.11. The van der Waals surface area contributed by atoms with Gasteiger partial charge in [-0.1, -0.05) is 13.0 Å². The molecule has 0 saturated carbocycles. The second-order valence-corrected chi connectivity index (χ2v) is 8.33. The lowest BCUT2D eigenvalue weighted by atomic mass is 10.1. The van der Waals surface area contributed by atoms with Crippen molar-refractivity contribution in [2.24, 2.45) is 0 Å². The third kappa shape index (κ3) is 5.30. The first kappa shape index (κ1) is 19.9. The minimum Gasteiger partial charge on any atom is -0.465 e. The minimum atomic E-state index is -3.75. The summed E-state index contributed by atoms with van der Waals surface area (Å²) in [5.41, 5.74) is 1.00. The number of methoxy groups -OCH3 is 1. The van der Waals surface area contributed by atoms with Crippen LogP contribution < -0.4 is 10.0 Å². The fourth-order valence-electron chi connectivity index (χ4n) is 2.23. The van der Waals surface area contributed by atoms with Gasteiger partial charge in [-0.3, -0.25) is 9.52 Å². The number of benzene rings is 1. The van der Waals surface area contributed by atoms with Gasteiger partial charge in [0.1, 0.15) is 4.21 Å². The van der Waals surface area contributed by atoms with Gasteiger partial charge in [-0.15, -0.1) is 11.3 Å². The topological polar surface area (TPSA) is 102 Å². The molecule has 2 aromatic rings. The number of anilines is 1. The molecule has 0 radical (unpaired) electrons. The number of nitrogens with one attached hydrogen (secondary N) is 2. The molecule has 1 heterocycles. The first-order valence-electron chi connectivity index (χ1n) is 7.91. The summed E-state index contributed by atoms with van der Waals surface area (Å²) >= 11 is 1.09. The second kappa shape index (κ2) is 8.81. The van der Waals surface area contributed by atoms with Crippen LogP contribution in [0.3, 0.4) is 0 Å². The Morgan fingerprint density at radius 2 is 2.00 bits per heavy atom. The summed E-state index contributed by atoms with van der Waals surface area (Å²) < 4.78 is 32.1. The van der Waals surface area contributed by atoms with E-state index in [1.54, 1.807) is 23.6 Å². The van der Waals surface area contributed by atoms with Gasteiger partial charge in [-0.25, -0.2) is 13.2 Å². The van der Waals surface area contributed by atoms with Crippen molar-refractivity contribution in [3.63, 3.8) is 0 Å². The molecule has 1 aromatic carbocycles. The third-order valence-electron chi connectivity index (χ3n) is 3.39. The number of hydrogen-bond acceptors (Lipinski definition) is 6. The molecule has 0 spiro atoms. The van der Waals surface area contributed by atoms with Gasteiger partial charge in [0.25, 0.3) is 10.0 Å². The molecule has 0 atom stereocenters. The molecule has 9 heteroatoms. The van der Waals surface area contributed by atoms with Crippen LogP contribution in [0.25, 0.3) is 0 Å². The molecule has 0 unspecified atom stereocenters. The molecule has 0 fully saturated rings. The number of ether oxygens (including phenoxy) is 1. The largest absolute Gasteiger partial charge is 0.465 e. The molecule has 1 amide bonds. The SMILES string of the molecule is CCCC(=O)NCc1cc(NS(=O)(=O)c2cccs2)cc(C(=O)OC)c1. The molecule has 7 nitrogen and oxygen atoms in total. The van der Waals surface area contributed by atoms with Crippen molar-refractivity contribution in [2.45, 2.75) is 30.5 Å². The molecule has 26 heavy (non-hydrogen) atoms.